The Kier molecular flexibility index (Phi) is 4.39. The van der Waals surface area contributed by atoms with Gasteiger partial charge in [0.15, 0.2) is 0 Å². The lowest BCUT2D eigenvalue weighted by Crippen LogP contribution is -2.14. The van der Waals surface area contributed by atoms with E-state index in [1.165, 1.54) is 4.68 Å². The van der Waals surface area contributed by atoms with Gasteiger partial charge in [-0.05, 0) is 42.0 Å². The molecule has 1 aliphatic rings. The van der Waals surface area contributed by atoms with Gasteiger partial charge in [-0.2, -0.15) is 5.10 Å². The van der Waals surface area contributed by atoms with Crippen molar-refractivity contribution in [3.05, 3.63) is 71.2 Å². The van der Waals surface area contributed by atoms with E-state index in [9.17, 15) is 4.79 Å². The van der Waals surface area contributed by atoms with Gasteiger partial charge in [0.25, 0.3) is 5.91 Å². The molecular formula is C17H15ClN2O2. The van der Waals surface area contributed by atoms with Gasteiger partial charge in [-0.1, -0.05) is 23.7 Å². The standard InChI is InChI=1S/C17H15ClN2O2/c18-14-5-3-13(4-6-14)12-17(21)20-10-9-15(19-20)7-8-16-2-1-11-22-16/h1,3-11,16H,2,12H2/b8-7+. The molecule has 0 radical (unpaired) electrons. The molecule has 112 valence electrons. The highest BCUT2D eigenvalue weighted by molar-refractivity contribution is 6.30. The summed E-state index contributed by atoms with van der Waals surface area (Å²) in [6.45, 7) is 0. The van der Waals surface area contributed by atoms with Gasteiger partial charge in [-0.25, -0.2) is 4.68 Å². The molecule has 1 atom stereocenters. The average molecular weight is 315 g/mol. The van der Waals surface area contributed by atoms with Gasteiger partial charge >= 0.3 is 0 Å². The fourth-order valence-electron chi connectivity index (χ4n) is 2.16. The summed E-state index contributed by atoms with van der Waals surface area (Å²) in [5.74, 6) is -0.0826. The molecular weight excluding hydrogens is 300 g/mol. The molecule has 0 bridgehead atoms. The number of aromatic nitrogens is 2. The number of carbonyl (C=O) groups is 1. The van der Waals surface area contributed by atoms with E-state index in [0.717, 1.165) is 17.7 Å². The Morgan fingerprint density at radius 3 is 2.91 bits per heavy atom. The molecule has 2 heterocycles. The normalized spacial score (nSPS) is 17.0. The van der Waals surface area contributed by atoms with E-state index in [1.807, 2.05) is 30.4 Å². The van der Waals surface area contributed by atoms with Gasteiger partial charge in [0.05, 0.1) is 18.4 Å². The predicted octanol–water partition coefficient (Wildman–Crippen LogP) is 3.74. The molecule has 22 heavy (non-hydrogen) atoms. The van der Waals surface area contributed by atoms with Crippen molar-refractivity contribution in [1.82, 2.24) is 9.78 Å². The summed E-state index contributed by atoms with van der Waals surface area (Å²) in [6.07, 6.45) is 10.4. The molecule has 0 aliphatic carbocycles. The van der Waals surface area contributed by atoms with Crippen LogP contribution in [0.1, 0.15) is 22.5 Å². The van der Waals surface area contributed by atoms with Crippen molar-refractivity contribution in [2.75, 3.05) is 0 Å². The summed E-state index contributed by atoms with van der Waals surface area (Å²) in [7, 11) is 0. The fourth-order valence-corrected chi connectivity index (χ4v) is 2.28. The van der Waals surface area contributed by atoms with E-state index >= 15 is 0 Å². The van der Waals surface area contributed by atoms with Crippen molar-refractivity contribution in [2.45, 2.75) is 18.9 Å². The van der Waals surface area contributed by atoms with Crippen LogP contribution in [-0.2, 0) is 11.2 Å². The quantitative estimate of drug-likeness (QED) is 0.863. The number of hydrogen-bond donors (Lipinski definition) is 0. The number of nitrogens with zero attached hydrogens (tertiary/aromatic N) is 2. The van der Waals surface area contributed by atoms with E-state index in [0.29, 0.717) is 5.02 Å². The number of hydrogen-bond acceptors (Lipinski definition) is 3. The van der Waals surface area contributed by atoms with E-state index in [-0.39, 0.29) is 18.4 Å². The number of benzene rings is 1. The molecule has 1 unspecified atom stereocenters. The Labute approximate surface area is 133 Å². The summed E-state index contributed by atoms with van der Waals surface area (Å²) in [5.41, 5.74) is 1.65. The fraction of sp³-hybridized carbons (Fsp3) is 0.176. The minimum Gasteiger partial charge on any atom is -0.494 e. The third kappa shape index (κ3) is 3.65. The first-order valence-electron chi connectivity index (χ1n) is 7.03. The van der Waals surface area contributed by atoms with Crippen LogP contribution in [-0.4, -0.2) is 21.8 Å². The third-order valence-electron chi connectivity index (χ3n) is 3.33. The topological polar surface area (TPSA) is 44.1 Å². The number of halogens is 1. The predicted molar refractivity (Wildman–Crippen MR) is 85.7 cm³/mol. The van der Waals surface area contributed by atoms with Crippen molar-refractivity contribution < 1.29 is 9.53 Å². The first-order chi connectivity index (χ1) is 10.7. The zero-order valence-corrected chi connectivity index (χ0v) is 12.6. The minimum absolute atomic E-state index is 0.0647. The zero-order chi connectivity index (χ0) is 15.4. The van der Waals surface area contributed by atoms with Crippen molar-refractivity contribution in [2.24, 2.45) is 0 Å². The van der Waals surface area contributed by atoms with Crippen molar-refractivity contribution in [3.8, 4) is 0 Å². The molecule has 2 aromatic rings. The molecule has 0 spiro atoms. The monoisotopic (exact) mass is 314 g/mol. The van der Waals surface area contributed by atoms with Crippen molar-refractivity contribution in [1.29, 1.82) is 0 Å². The lowest BCUT2D eigenvalue weighted by Gasteiger charge is -2.02. The van der Waals surface area contributed by atoms with E-state index in [1.54, 1.807) is 30.7 Å². The van der Waals surface area contributed by atoms with Gasteiger partial charge < -0.3 is 4.74 Å². The van der Waals surface area contributed by atoms with Gasteiger partial charge in [-0.3, -0.25) is 4.79 Å². The third-order valence-corrected chi connectivity index (χ3v) is 3.59. The maximum Gasteiger partial charge on any atom is 0.251 e. The molecule has 0 saturated heterocycles. The molecule has 1 aromatic carbocycles. The van der Waals surface area contributed by atoms with Crippen LogP contribution in [0.2, 0.25) is 5.02 Å². The molecule has 3 rings (SSSR count). The van der Waals surface area contributed by atoms with Crippen molar-refractivity contribution in [3.63, 3.8) is 0 Å². The molecule has 4 nitrogen and oxygen atoms in total. The van der Waals surface area contributed by atoms with Crippen LogP contribution in [0, 0.1) is 0 Å². The molecule has 1 aromatic heterocycles. The first kappa shape index (κ1) is 14.6. The summed E-state index contributed by atoms with van der Waals surface area (Å²) < 4.78 is 6.70. The maximum atomic E-state index is 12.2. The van der Waals surface area contributed by atoms with Gasteiger partial charge in [0, 0.05) is 17.6 Å². The SMILES string of the molecule is O=C(Cc1ccc(Cl)cc1)n1ccc(/C=C/C2CC=CO2)n1. The molecule has 5 heteroatoms. The van der Waals surface area contributed by atoms with E-state index < -0.39 is 0 Å². The van der Waals surface area contributed by atoms with Crippen LogP contribution < -0.4 is 0 Å². The van der Waals surface area contributed by atoms with Crippen LogP contribution in [0.4, 0.5) is 0 Å². The van der Waals surface area contributed by atoms with Crippen LogP contribution >= 0.6 is 11.6 Å². The summed E-state index contributed by atoms with van der Waals surface area (Å²) in [6, 6.07) is 9.04. The number of rotatable bonds is 4. The number of carbonyl (C=O) groups excluding carboxylic acids is 1. The smallest absolute Gasteiger partial charge is 0.251 e. The van der Waals surface area contributed by atoms with Crippen molar-refractivity contribution >= 4 is 23.6 Å². The van der Waals surface area contributed by atoms with Gasteiger partial charge in [0.1, 0.15) is 6.10 Å². The highest BCUT2D eigenvalue weighted by Gasteiger charge is 2.09. The Morgan fingerprint density at radius 1 is 1.36 bits per heavy atom. The molecule has 0 saturated carbocycles. The highest BCUT2D eigenvalue weighted by Crippen LogP contribution is 2.13. The van der Waals surface area contributed by atoms with Gasteiger partial charge in [-0.15, -0.1) is 0 Å². The van der Waals surface area contributed by atoms with E-state index in [2.05, 4.69) is 5.10 Å². The summed E-state index contributed by atoms with van der Waals surface area (Å²) in [5, 5.41) is 4.92. The molecule has 1 aliphatic heterocycles. The van der Waals surface area contributed by atoms with Gasteiger partial charge in [0.2, 0.25) is 0 Å². The Balaban J connectivity index is 1.62. The first-order valence-corrected chi connectivity index (χ1v) is 7.40. The van der Waals surface area contributed by atoms with E-state index in [4.69, 9.17) is 16.3 Å². The lowest BCUT2D eigenvalue weighted by atomic mass is 10.1. The minimum atomic E-state index is -0.0826. The largest absolute Gasteiger partial charge is 0.494 e. The summed E-state index contributed by atoms with van der Waals surface area (Å²) in [4.78, 5) is 12.2. The average Bonchev–Trinajstić information content (AvgIpc) is 3.18. The van der Waals surface area contributed by atoms with Crippen LogP contribution in [0.25, 0.3) is 6.08 Å². The van der Waals surface area contributed by atoms with Crippen LogP contribution in [0.3, 0.4) is 0 Å². The maximum absolute atomic E-state index is 12.2. The molecule has 0 amide bonds. The van der Waals surface area contributed by atoms with Crippen LogP contribution in [0.15, 0.2) is 54.9 Å². The second-order valence-electron chi connectivity index (χ2n) is 5.02. The molecule has 0 fully saturated rings. The zero-order valence-electron chi connectivity index (χ0n) is 11.9. The second kappa shape index (κ2) is 6.62. The Morgan fingerprint density at radius 2 is 2.18 bits per heavy atom. The second-order valence-corrected chi connectivity index (χ2v) is 5.46. The van der Waals surface area contributed by atoms with Crippen LogP contribution in [0.5, 0.6) is 0 Å². The lowest BCUT2D eigenvalue weighted by molar-refractivity contribution is 0.0898. The number of ether oxygens (including phenoxy) is 1. The Bertz CT molecular complexity index is 709. The summed E-state index contributed by atoms with van der Waals surface area (Å²) >= 11 is 5.83. The highest BCUT2D eigenvalue weighted by atomic mass is 35.5. The Hall–Kier alpha value is -2.33. The molecule has 0 N–H and O–H groups in total.